The molecule has 3 aromatic rings. The van der Waals surface area contributed by atoms with Crippen molar-refractivity contribution in [2.24, 2.45) is 0 Å². The molecule has 31 heavy (non-hydrogen) atoms. The average Bonchev–Trinajstić information content (AvgIpc) is 2.78. The van der Waals surface area contributed by atoms with E-state index in [1.54, 1.807) is 0 Å². The number of carbonyl (C=O) groups excluding carboxylic acids is 1. The lowest BCUT2D eigenvalue weighted by molar-refractivity contribution is -0.524. The van der Waals surface area contributed by atoms with Gasteiger partial charge in [0, 0.05) is 23.8 Å². The van der Waals surface area contributed by atoms with E-state index in [-0.39, 0.29) is 29.1 Å². The minimum absolute atomic E-state index is 0.0499. The van der Waals surface area contributed by atoms with Gasteiger partial charge in [0.05, 0.1) is 11.3 Å². The van der Waals surface area contributed by atoms with Gasteiger partial charge in [-0.15, -0.1) is 0 Å². The van der Waals surface area contributed by atoms with E-state index in [0.29, 0.717) is 6.42 Å². The van der Waals surface area contributed by atoms with Gasteiger partial charge in [0.25, 0.3) is 0 Å². The van der Waals surface area contributed by atoms with Crippen molar-refractivity contribution < 1.29 is 19.6 Å². The monoisotopic (exact) mass is 418 g/mol. The van der Waals surface area contributed by atoms with Gasteiger partial charge in [-0.05, 0) is 41.3 Å². The molecule has 0 aliphatic heterocycles. The number of nitro groups is 1. The Morgan fingerprint density at radius 3 is 2.26 bits per heavy atom. The van der Waals surface area contributed by atoms with Crippen LogP contribution in [0.5, 0.6) is 0 Å². The first kappa shape index (κ1) is 21.7. The molecule has 7 heteroatoms. The highest BCUT2D eigenvalue weighted by molar-refractivity contribution is 5.95. The van der Waals surface area contributed by atoms with Crippen LogP contribution in [-0.2, 0) is 11.2 Å². The van der Waals surface area contributed by atoms with Crippen molar-refractivity contribution in [1.29, 1.82) is 0 Å². The van der Waals surface area contributed by atoms with Crippen LogP contribution in [-0.4, -0.2) is 21.9 Å². The summed E-state index contributed by atoms with van der Waals surface area (Å²) in [5.74, 6) is -1.51. The number of amides is 1. The molecule has 2 N–H and O–H groups in total. The largest absolute Gasteiger partial charge is 0.478 e. The molecule has 7 nitrogen and oxygen atoms in total. The Hall–Kier alpha value is -4.00. The van der Waals surface area contributed by atoms with Gasteiger partial charge in [-0.3, -0.25) is 14.9 Å². The Morgan fingerprint density at radius 1 is 1.00 bits per heavy atom. The normalized spacial score (nSPS) is 11.5. The standard InChI is InChI=1S/C24H22N2O5/c1-16(26(30)31)21-13-12-20(24(28)29)15-22(21)25-23(27)14-9-17-7-10-19(11-8-17)18-5-3-2-4-6-18/h2-8,10-13,15-16H,9,14H2,1H3,(H,25,27)(H,28,29). The third-order valence-electron chi connectivity index (χ3n) is 5.04. The SMILES string of the molecule is CC(c1ccc(C(=O)O)cc1NC(=O)CCc1ccc(-c2ccccc2)cc1)[N+](=O)[O-]. The van der Waals surface area contributed by atoms with E-state index in [4.69, 9.17) is 0 Å². The van der Waals surface area contributed by atoms with Gasteiger partial charge in [-0.2, -0.15) is 0 Å². The van der Waals surface area contributed by atoms with Crippen LogP contribution in [0.3, 0.4) is 0 Å². The Kier molecular flexibility index (Phi) is 6.77. The molecule has 0 bridgehead atoms. The van der Waals surface area contributed by atoms with Gasteiger partial charge in [0.2, 0.25) is 11.9 Å². The maximum Gasteiger partial charge on any atom is 0.335 e. The zero-order chi connectivity index (χ0) is 22.4. The van der Waals surface area contributed by atoms with Crippen LogP contribution < -0.4 is 5.32 Å². The second-order valence-corrected chi connectivity index (χ2v) is 7.18. The van der Waals surface area contributed by atoms with Crippen LogP contribution in [0.15, 0.2) is 72.8 Å². The van der Waals surface area contributed by atoms with Crippen LogP contribution in [0.1, 0.15) is 40.9 Å². The van der Waals surface area contributed by atoms with E-state index < -0.39 is 16.9 Å². The molecule has 0 fully saturated rings. The van der Waals surface area contributed by atoms with Crippen molar-refractivity contribution in [3.63, 3.8) is 0 Å². The van der Waals surface area contributed by atoms with Crippen LogP contribution in [0.2, 0.25) is 0 Å². The third-order valence-corrected chi connectivity index (χ3v) is 5.04. The molecule has 158 valence electrons. The highest BCUT2D eigenvalue weighted by Gasteiger charge is 2.22. The Labute approximate surface area is 179 Å². The Morgan fingerprint density at radius 2 is 1.65 bits per heavy atom. The number of carboxylic acids is 1. The molecule has 0 radical (unpaired) electrons. The van der Waals surface area contributed by atoms with Gasteiger partial charge in [-0.25, -0.2) is 4.79 Å². The number of aromatic carboxylic acids is 1. The molecule has 1 unspecified atom stereocenters. The molecule has 0 aliphatic carbocycles. The molecule has 0 aliphatic rings. The number of nitrogens with zero attached hydrogens (tertiary/aromatic N) is 1. The van der Waals surface area contributed by atoms with E-state index in [9.17, 15) is 24.8 Å². The van der Waals surface area contributed by atoms with E-state index in [2.05, 4.69) is 5.32 Å². The second kappa shape index (κ2) is 9.67. The highest BCUT2D eigenvalue weighted by atomic mass is 16.6. The zero-order valence-corrected chi connectivity index (χ0v) is 16.9. The summed E-state index contributed by atoms with van der Waals surface area (Å²) in [5, 5.41) is 23.0. The number of carbonyl (C=O) groups is 2. The lowest BCUT2D eigenvalue weighted by atomic mass is 10.0. The topological polar surface area (TPSA) is 110 Å². The fraction of sp³-hybridized carbons (Fsp3) is 0.167. The number of hydrogen-bond donors (Lipinski definition) is 2. The average molecular weight is 418 g/mol. The number of carboxylic acid groups (broad SMARTS) is 1. The van der Waals surface area contributed by atoms with Crippen molar-refractivity contribution in [3.8, 4) is 11.1 Å². The Balaban J connectivity index is 1.68. The number of nitrogens with one attached hydrogen (secondary N) is 1. The minimum atomic E-state index is -1.17. The van der Waals surface area contributed by atoms with E-state index >= 15 is 0 Å². The van der Waals surface area contributed by atoms with Gasteiger partial charge in [-0.1, -0.05) is 54.6 Å². The van der Waals surface area contributed by atoms with Crippen molar-refractivity contribution in [1.82, 2.24) is 0 Å². The fourth-order valence-electron chi connectivity index (χ4n) is 3.24. The molecule has 0 spiro atoms. The van der Waals surface area contributed by atoms with Crippen molar-refractivity contribution in [2.75, 3.05) is 5.32 Å². The highest BCUT2D eigenvalue weighted by Crippen LogP contribution is 2.27. The van der Waals surface area contributed by atoms with E-state index in [0.717, 1.165) is 16.7 Å². The van der Waals surface area contributed by atoms with E-state index in [1.165, 1.54) is 25.1 Å². The first-order valence-corrected chi connectivity index (χ1v) is 9.80. The van der Waals surface area contributed by atoms with Crippen molar-refractivity contribution in [3.05, 3.63) is 99.6 Å². The first-order valence-electron chi connectivity index (χ1n) is 9.80. The van der Waals surface area contributed by atoms with Crippen molar-refractivity contribution in [2.45, 2.75) is 25.8 Å². The summed E-state index contributed by atoms with van der Waals surface area (Å²) in [6.45, 7) is 1.39. The quantitative estimate of drug-likeness (QED) is 0.397. The minimum Gasteiger partial charge on any atom is -0.478 e. The number of hydrogen-bond acceptors (Lipinski definition) is 4. The summed E-state index contributed by atoms with van der Waals surface area (Å²) >= 11 is 0. The number of anilines is 1. The predicted molar refractivity (Wildman–Crippen MR) is 118 cm³/mol. The molecule has 1 amide bonds. The number of rotatable bonds is 8. The smallest absolute Gasteiger partial charge is 0.335 e. The molecule has 1 atom stereocenters. The molecular weight excluding hydrogens is 396 g/mol. The van der Waals surface area contributed by atoms with Gasteiger partial charge in [0.15, 0.2) is 0 Å². The predicted octanol–water partition coefficient (Wildman–Crippen LogP) is 4.96. The van der Waals surface area contributed by atoms with Gasteiger partial charge in [0.1, 0.15) is 0 Å². The molecule has 0 heterocycles. The summed E-state index contributed by atoms with van der Waals surface area (Å²) in [6.07, 6.45) is 0.647. The number of benzene rings is 3. The Bertz CT molecular complexity index is 1090. The summed E-state index contributed by atoms with van der Waals surface area (Å²) < 4.78 is 0. The lowest BCUT2D eigenvalue weighted by Crippen LogP contribution is -2.17. The number of aryl methyl sites for hydroxylation is 1. The van der Waals surface area contributed by atoms with Gasteiger partial charge < -0.3 is 10.4 Å². The van der Waals surface area contributed by atoms with E-state index in [1.807, 2.05) is 54.6 Å². The molecule has 0 aromatic heterocycles. The maximum absolute atomic E-state index is 12.5. The molecule has 3 aromatic carbocycles. The molecule has 0 saturated carbocycles. The first-order chi connectivity index (χ1) is 14.8. The maximum atomic E-state index is 12.5. The second-order valence-electron chi connectivity index (χ2n) is 7.18. The fourth-order valence-corrected chi connectivity index (χ4v) is 3.24. The molecule has 3 rings (SSSR count). The third kappa shape index (κ3) is 5.54. The summed E-state index contributed by atoms with van der Waals surface area (Å²) in [7, 11) is 0. The summed E-state index contributed by atoms with van der Waals surface area (Å²) in [4.78, 5) is 34.4. The molecular formula is C24H22N2O5. The summed E-state index contributed by atoms with van der Waals surface area (Å²) in [6, 6.07) is 20.7. The van der Waals surface area contributed by atoms with Crippen LogP contribution in [0, 0.1) is 10.1 Å². The summed E-state index contributed by atoms with van der Waals surface area (Å²) in [5.41, 5.74) is 3.53. The van der Waals surface area contributed by atoms with Crippen LogP contribution in [0.25, 0.3) is 11.1 Å². The lowest BCUT2D eigenvalue weighted by Gasteiger charge is -2.13. The zero-order valence-electron chi connectivity index (χ0n) is 16.9. The van der Waals surface area contributed by atoms with Gasteiger partial charge >= 0.3 is 5.97 Å². The van der Waals surface area contributed by atoms with Crippen molar-refractivity contribution >= 4 is 17.6 Å². The van der Waals surface area contributed by atoms with Crippen LogP contribution in [0.4, 0.5) is 5.69 Å². The molecule has 0 saturated heterocycles. The van der Waals surface area contributed by atoms with Crippen LogP contribution >= 0.6 is 0 Å².